The molecule has 0 aliphatic heterocycles. The second kappa shape index (κ2) is 6.90. The van der Waals surface area contributed by atoms with Gasteiger partial charge < -0.3 is 10.4 Å². The lowest BCUT2D eigenvalue weighted by molar-refractivity contribution is -0.138. The van der Waals surface area contributed by atoms with Gasteiger partial charge >= 0.3 is 12.1 Å². The molecule has 130 valence electrons. The Hall–Kier alpha value is -2.58. The molecule has 0 aliphatic rings. The molecule has 2 rings (SSSR count). The molecule has 9 heteroatoms. The first-order valence-corrected chi connectivity index (χ1v) is 7.32. The van der Waals surface area contributed by atoms with E-state index in [2.05, 4.69) is 10.3 Å². The predicted molar refractivity (Wildman–Crippen MR) is 78.8 cm³/mol. The first-order valence-electron chi connectivity index (χ1n) is 7.32. The summed E-state index contributed by atoms with van der Waals surface area (Å²) in [6.45, 7) is 1.74. The summed E-state index contributed by atoms with van der Waals surface area (Å²) in [5, 5.41) is 11.0. The van der Waals surface area contributed by atoms with Gasteiger partial charge in [0.1, 0.15) is 11.3 Å². The summed E-state index contributed by atoms with van der Waals surface area (Å²) in [5.74, 6) is -1.73. The number of rotatable bonds is 6. The summed E-state index contributed by atoms with van der Waals surface area (Å²) in [4.78, 5) is 27.0. The lowest BCUT2D eigenvalue weighted by atomic mass is 10.2. The van der Waals surface area contributed by atoms with Gasteiger partial charge in [0.2, 0.25) is 0 Å². The number of fused-ring (bicyclic) bond motifs is 1. The van der Waals surface area contributed by atoms with Crippen molar-refractivity contribution in [2.75, 3.05) is 6.54 Å². The second-order valence-electron chi connectivity index (χ2n) is 5.20. The van der Waals surface area contributed by atoms with Crippen molar-refractivity contribution in [1.82, 2.24) is 14.7 Å². The number of carbonyl (C=O) groups excluding carboxylic acids is 1. The van der Waals surface area contributed by atoms with Gasteiger partial charge in [0.05, 0.1) is 17.7 Å². The fourth-order valence-electron chi connectivity index (χ4n) is 2.28. The molecule has 0 atom stereocenters. The number of carbonyl (C=O) groups is 2. The number of halogens is 3. The van der Waals surface area contributed by atoms with Gasteiger partial charge in [-0.3, -0.25) is 14.0 Å². The van der Waals surface area contributed by atoms with Crippen molar-refractivity contribution in [3.63, 3.8) is 0 Å². The number of pyridine rings is 1. The third kappa shape index (κ3) is 3.84. The quantitative estimate of drug-likeness (QED) is 0.844. The van der Waals surface area contributed by atoms with Gasteiger partial charge in [0.15, 0.2) is 0 Å². The van der Waals surface area contributed by atoms with Crippen LogP contribution in [0.1, 0.15) is 41.5 Å². The monoisotopic (exact) mass is 343 g/mol. The zero-order valence-electron chi connectivity index (χ0n) is 12.9. The SMILES string of the molecule is CCCc1nc2ccc(C(F)(F)F)cn2c1C(=O)NCCC(=O)O. The molecule has 0 saturated carbocycles. The first-order chi connectivity index (χ1) is 11.2. The van der Waals surface area contributed by atoms with Crippen molar-refractivity contribution in [2.24, 2.45) is 0 Å². The highest BCUT2D eigenvalue weighted by molar-refractivity contribution is 5.95. The number of nitrogens with zero attached hydrogens (tertiary/aromatic N) is 2. The number of aliphatic carboxylic acids is 1. The van der Waals surface area contributed by atoms with Gasteiger partial charge in [-0.1, -0.05) is 13.3 Å². The van der Waals surface area contributed by atoms with Crippen molar-refractivity contribution in [1.29, 1.82) is 0 Å². The minimum atomic E-state index is -4.54. The van der Waals surface area contributed by atoms with Crippen LogP contribution in [0.2, 0.25) is 0 Å². The smallest absolute Gasteiger partial charge is 0.417 e. The van der Waals surface area contributed by atoms with Gasteiger partial charge in [-0.15, -0.1) is 0 Å². The lowest BCUT2D eigenvalue weighted by Crippen LogP contribution is -2.28. The number of hydrogen-bond donors (Lipinski definition) is 2. The van der Waals surface area contributed by atoms with E-state index in [1.807, 2.05) is 6.92 Å². The van der Waals surface area contributed by atoms with E-state index in [1.54, 1.807) is 0 Å². The summed E-state index contributed by atoms with van der Waals surface area (Å²) in [6.07, 6.45) is -2.91. The van der Waals surface area contributed by atoms with Gasteiger partial charge in [-0.2, -0.15) is 13.2 Å². The molecule has 0 aromatic carbocycles. The molecule has 0 fully saturated rings. The van der Waals surface area contributed by atoms with Crippen LogP contribution >= 0.6 is 0 Å². The Morgan fingerprint density at radius 3 is 2.62 bits per heavy atom. The number of aryl methyl sites for hydroxylation is 1. The standard InChI is InChI=1S/C15H16F3N3O3/c1-2-3-10-13(14(24)19-7-6-12(22)23)21-8-9(15(16,17)18)4-5-11(21)20-10/h4-5,8H,2-3,6-7H2,1H3,(H,19,24)(H,22,23). The first kappa shape index (κ1) is 17.8. The number of carboxylic acids is 1. The summed E-state index contributed by atoms with van der Waals surface area (Å²) in [5.41, 5.74) is -0.280. The van der Waals surface area contributed by atoms with Crippen LogP contribution in [0.5, 0.6) is 0 Å². The second-order valence-corrected chi connectivity index (χ2v) is 5.20. The molecule has 1 amide bonds. The number of hydrogen-bond acceptors (Lipinski definition) is 3. The minimum absolute atomic E-state index is 0.00309. The highest BCUT2D eigenvalue weighted by Crippen LogP contribution is 2.30. The molecule has 0 saturated heterocycles. The fraction of sp³-hybridized carbons (Fsp3) is 0.400. The zero-order chi connectivity index (χ0) is 17.9. The molecule has 24 heavy (non-hydrogen) atoms. The Labute approximate surface area is 135 Å². The average molecular weight is 343 g/mol. The highest BCUT2D eigenvalue weighted by Gasteiger charge is 2.31. The Balaban J connectivity index is 2.45. The predicted octanol–water partition coefficient (Wildman–Crippen LogP) is 2.51. The highest BCUT2D eigenvalue weighted by atomic mass is 19.4. The number of carboxylic acid groups (broad SMARTS) is 1. The third-order valence-electron chi connectivity index (χ3n) is 3.34. The Bertz CT molecular complexity index is 768. The summed E-state index contributed by atoms with van der Waals surface area (Å²) in [6, 6.07) is 2.11. The van der Waals surface area contributed by atoms with Gasteiger partial charge in [-0.25, -0.2) is 4.98 Å². The van der Waals surface area contributed by atoms with Crippen LogP contribution in [0.4, 0.5) is 13.2 Å². The molecule has 6 nitrogen and oxygen atoms in total. The normalized spacial score (nSPS) is 11.7. The van der Waals surface area contributed by atoms with E-state index in [1.165, 1.54) is 6.07 Å². The van der Waals surface area contributed by atoms with Crippen LogP contribution < -0.4 is 5.32 Å². The van der Waals surface area contributed by atoms with Gasteiger partial charge in [0.25, 0.3) is 5.91 Å². The van der Waals surface area contributed by atoms with E-state index in [0.29, 0.717) is 18.5 Å². The molecule has 2 aromatic heterocycles. The van der Waals surface area contributed by atoms with E-state index in [9.17, 15) is 22.8 Å². The van der Waals surface area contributed by atoms with Gasteiger partial charge in [0, 0.05) is 12.7 Å². The zero-order valence-corrected chi connectivity index (χ0v) is 12.9. The molecule has 2 heterocycles. The van der Waals surface area contributed by atoms with E-state index in [-0.39, 0.29) is 24.3 Å². The lowest BCUT2D eigenvalue weighted by Gasteiger charge is -2.09. The van der Waals surface area contributed by atoms with Crippen molar-refractivity contribution in [3.05, 3.63) is 35.3 Å². The Morgan fingerprint density at radius 2 is 2.04 bits per heavy atom. The molecule has 0 unspecified atom stereocenters. The van der Waals surface area contributed by atoms with Crippen molar-refractivity contribution >= 4 is 17.5 Å². The van der Waals surface area contributed by atoms with E-state index in [0.717, 1.165) is 16.7 Å². The van der Waals surface area contributed by atoms with E-state index in [4.69, 9.17) is 5.11 Å². The number of amides is 1. The fourth-order valence-corrected chi connectivity index (χ4v) is 2.28. The number of alkyl halides is 3. The average Bonchev–Trinajstić information content (AvgIpc) is 2.83. The molecule has 2 aromatic rings. The Kier molecular flexibility index (Phi) is 5.10. The molecular formula is C15H16F3N3O3. The molecule has 2 N–H and O–H groups in total. The summed E-state index contributed by atoms with van der Waals surface area (Å²) in [7, 11) is 0. The largest absolute Gasteiger partial charge is 0.481 e. The molecule has 0 bridgehead atoms. The van der Waals surface area contributed by atoms with Crippen LogP contribution in [0, 0.1) is 0 Å². The number of imidazole rings is 1. The van der Waals surface area contributed by atoms with Gasteiger partial charge in [-0.05, 0) is 18.6 Å². The van der Waals surface area contributed by atoms with Crippen molar-refractivity contribution in [2.45, 2.75) is 32.4 Å². The Morgan fingerprint density at radius 1 is 1.33 bits per heavy atom. The summed E-state index contributed by atoms with van der Waals surface area (Å²) < 4.78 is 39.8. The van der Waals surface area contributed by atoms with E-state index >= 15 is 0 Å². The van der Waals surface area contributed by atoms with Crippen LogP contribution in [-0.2, 0) is 17.4 Å². The maximum atomic E-state index is 12.9. The van der Waals surface area contributed by atoms with Crippen LogP contribution in [-0.4, -0.2) is 32.9 Å². The maximum absolute atomic E-state index is 12.9. The van der Waals surface area contributed by atoms with E-state index < -0.39 is 23.6 Å². The third-order valence-corrected chi connectivity index (χ3v) is 3.34. The maximum Gasteiger partial charge on any atom is 0.417 e. The number of nitrogens with one attached hydrogen (secondary N) is 1. The van der Waals surface area contributed by atoms with Crippen LogP contribution in [0.25, 0.3) is 5.65 Å². The minimum Gasteiger partial charge on any atom is -0.481 e. The number of aromatic nitrogens is 2. The van der Waals surface area contributed by atoms with Crippen LogP contribution in [0.3, 0.4) is 0 Å². The molecule has 0 aliphatic carbocycles. The summed E-state index contributed by atoms with van der Waals surface area (Å²) >= 11 is 0. The molecular weight excluding hydrogens is 327 g/mol. The topological polar surface area (TPSA) is 83.7 Å². The molecule has 0 radical (unpaired) electrons. The van der Waals surface area contributed by atoms with Crippen LogP contribution in [0.15, 0.2) is 18.3 Å². The molecule has 0 spiro atoms. The van der Waals surface area contributed by atoms with Crippen molar-refractivity contribution in [3.8, 4) is 0 Å². The van der Waals surface area contributed by atoms with Crippen molar-refractivity contribution < 1.29 is 27.9 Å².